The Morgan fingerprint density at radius 3 is 1.78 bits per heavy atom. The van der Waals surface area contributed by atoms with Crippen LogP contribution >= 0.6 is 0 Å². The van der Waals surface area contributed by atoms with Crippen LogP contribution in [-0.4, -0.2) is 92.4 Å². The molecule has 1 N–H and O–H groups in total. The maximum absolute atomic E-state index is 11.1. The van der Waals surface area contributed by atoms with Crippen LogP contribution in [0.15, 0.2) is 0 Å². The van der Waals surface area contributed by atoms with Crippen LogP contribution in [0.1, 0.15) is 40.5 Å². The predicted octanol–water partition coefficient (Wildman–Crippen LogP) is 1.05. The molecule has 0 aromatic heterocycles. The first kappa shape index (κ1) is 32.5. The molecule has 0 atom stereocenters. The average molecular weight is 461 g/mol. The summed E-state index contributed by atoms with van der Waals surface area (Å²) in [6.45, 7) is 11.4. The third-order valence-electron chi connectivity index (χ3n) is 3.66. The van der Waals surface area contributed by atoms with Crippen molar-refractivity contribution in [3.63, 3.8) is 0 Å². The third-order valence-corrected chi connectivity index (χ3v) is 3.66. The van der Waals surface area contributed by atoms with Crippen LogP contribution in [0, 0.1) is 11.8 Å². The van der Waals surface area contributed by atoms with E-state index in [-0.39, 0.29) is 31.7 Å². The van der Waals surface area contributed by atoms with Crippen LogP contribution in [0.5, 0.6) is 0 Å². The fourth-order valence-electron chi connectivity index (χ4n) is 1.79. The Bertz CT molecular complexity index is 476. The first-order valence-corrected chi connectivity index (χ1v) is 10.8. The maximum atomic E-state index is 11.1. The summed E-state index contributed by atoms with van der Waals surface area (Å²) in [5.41, 5.74) is 0. The number of carbonyl (C=O) groups is 3. The van der Waals surface area contributed by atoms with E-state index < -0.39 is 5.97 Å². The summed E-state index contributed by atoms with van der Waals surface area (Å²) in [7, 11) is 5.90. The predicted molar refractivity (Wildman–Crippen MR) is 119 cm³/mol. The molecular weight excluding hydrogens is 421 g/mol. The average Bonchev–Trinajstić information content (AvgIpc) is 2.74. The van der Waals surface area contributed by atoms with Crippen LogP contribution in [-0.2, 0) is 42.7 Å². The van der Waals surface area contributed by atoms with E-state index in [4.69, 9.17) is 18.9 Å². The van der Waals surface area contributed by atoms with Gasteiger partial charge in [-0.1, -0.05) is 27.7 Å². The smallest absolute Gasteiger partial charge is 0.378 e. The maximum Gasteiger partial charge on any atom is 0.378 e. The first-order chi connectivity index (χ1) is 15.2. The van der Waals surface area contributed by atoms with Gasteiger partial charge in [0.1, 0.15) is 19.8 Å². The van der Waals surface area contributed by atoms with Gasteiger partial charge in [-0.05, 0) is 24.7 Å². The molecule has 0 aromatic rings. The Morgan fingerprint density at radius 2 is 1.25 bits per heavy atom. The minimum atomic E-state index is -0.704. The van der Waals surface area contributed by atoms with Crippen molar-refractivity contribution in [2.75, 3.05) is 66.5 Å². The SMILES string of the molecule is COC(=O)COCCOCCOCCC(C)C.[B]OC(=O)COCC(=O)NCCC(C)C. The zero-order chi connectivity index (χ0) is 24.6. The van der Waals surface area contributed by atoms with E-state index in [9.17, 15) is 14.4 Å². The molecule has 0 aliphatic rings. The largest absolute Gasteiger partial charge is 0.542 e. The summed E-state index contributed by atoms with van der Waals surface area (Å²) < 4.78 is 28.6. The van der Waals surface area contributed by atoms with Crippen molar-refractivity contribution in [1.82, 2.24) is 5.32 Å². The van der Waals surface area contributed by atoms with Gasteiger partial charge >= 0.3 is 20.0 Å². The van der Waals surface area contributed by atoms with Gasteiger partial charge in [-0.25, -0.2) is 4.79 Å². The molecule has 0 unspecified atom stereocenters. The Hall–Kier alpha value is -1.69. The van der Waals surface area contributed by atoms with Gasteiger partial charge in [0.2, 0.25) is 5.91 Å². The zero-order valence-electron chi connectivity index (χ0n) is 20.2. The van der Waals surface area contributed by atoms with Gasteiger partial charge in [0.05, 0.1) is 33.5 Å². The molecule has 0 heterocycles. The third kappa shape index (κ3) is 28.3. The van der Waals surface area contributed by atoms with Crippen molar-refractivity contribution in [2.24, 2.45) is 11.8 Å². The summed E-state index contributed by atoms with van der Waals surface area (Å²) in [5.74, 6) is -0.117. The second kappa shape index (κ2) is 24.0. The van der Waals surface area contributed by atoms with Crippen LogP contribution in [0.2, 0.25) is 0 Å². The number of amides is 1. The molecular formula is C21H40BNO9. The second-order valence-corrected chi connectivity index (χ2v) is 7.55. The normalized spacial score (nSPS) is 10.5. The minimum Gasteiger partial charge on any atom is -0.542 e. The molecule has 0 aliphatic heterocycles. The number of methoxy groups -OCH3 is 1. The van der Waals surface area contributed by atoms with E-state index in [1.54, 1.807) is 0 Å². The standard InChI is InChI=1S/C12H24O5.C9H16BNO4/c1-11(2)4-5-15-6-7-16-8-9-17-10-12(13)14-3;1-7(2)3-4-11-8(12)5-14-6-9(13)15-10/h11H,4-10H2,1-3H3;7H,3-6H2,1-2H3,(H,11,12). The van der Waals surface area contributed by atoms with Crippen LogP contribution < -0.4 is 5.32 Å². The Morgan fingerprint density at radius 1 is 0.719 bits per heavy atom. The lowest BCUT2D eigenvalue weighted by molar-refractivity contribution is -0.146. The minimum absolute atomic E-state index is 0.0231. The van der Waals surface area contributed by atoms with Crippen LogP contribution in [0.4, 0.5) is 0 Å². The lowest BCUT2D eigenvalue weighted by Gasteiger charge is -2.07. The number of hydrogen-bond donors (Lipinski definition) is 1. The highest BCUT2D eigenvalue weighted by Gasteiger charge is 2.04. The van der Waals surface area contributed by atoms with Gasteiger partial charge in [0.15, 0.2) is 0 Å². The number of nitrogens with one attached hydrogen (secondary N) is 1. The van der Waals surface area contributed by atoms with Crippen LogP contribution in [0.3, 0.4) is 0 Å². The number of ether oxygens (including phenoxy) is 5. The van der Waals surface area contributed by atoms with E-state index in [2.05, 4.69) is 50.5 Å². The lowest BCUT2D eigenvalue weighted by Crippen LogP contribution is -2.30. The van der Waals surface area contributed by atoms with Crippen molar-refractivity contribution >= 4 is 25.9 Å². The molecule has 1 amide bonds. The fraction of sp³-hybridized carbons (Fsp3) is 0.857. The van der Waals surface area contributed by atoms with Crippen molar-refractivity contribution in [2.45, 2.75) is 40.5 Å². The van der Waals surface area contributed by atoms with Gasteiger partial charge in [-0.15, -0.1) is 0 Å². The summed E-state index contributed by atoms with van der Waals surface area (Å²) in [6.07, 6.45) is 1.98. The monoisotopic (exact) mass is 461 g/mol. The van der Waals surface area contributed by atoms with Crippen molar-refractivity contribution < 1.29 is 42.7 Å². The number of esters is 1. The van der Waals surface area contributed by atoms with E-state index in [0.29, 0.717) is 44.8 Å². The van der Waals surface area contributed by atoms with Crippen LogP contribution in [0.25, 0.3) is 0 Å². The van der Waals surface area contributed by atoms with Gasteiger partial charge in [-0.3, -0.25) is 9.59 Å². The topological polar surface area (TPSA) is 119 Å². The molecule has 32 heavy (non-hydrogen) atoms. The Kier molecular flexibility index (Phi) is 24.3. The fourth-order valence-corrected chi connectivity index (χ4v) is 1.79. The number of hydrogen-bond acceptors (Lipinski definition) is 9. The molecule has 186 valence electrons. The van der Waals surface area contributed by atoms with Crippen molar-refractivity contribution in [3.05, 3.63) is 0 Å². The molecule has 2 radical (unpaired) electrons. The quantitative estimate of drug-likeness (QED) is 0.181. The van der Waals surface area contributed by atoms with Gasteiger partial charge in [0, 0.05) is 13.2 Å². The molecule has 0 aliphatic carbocycles. The summed E-state index contributed by atoms with van der Waals surface area (Å²) in [5, 5.41) is 2.66. The van der Waals surface area contributed by atoms with Gasteiger partial charge in [0.25, 0.3) is 0 Å². The second-order valence-electron chi connectivity index (χ2n) is 7.55. The van der Waals surface area contributed by atoms with Gasteiger partial charge < -0.3 is 33.7 Å². The Labute approximate surface area is 193 Å². The van der Waals surface area contributed by atoms with Crippen molar-refractivity contribution in [1.29, 1.82) is 0 Å². The first-order valence-electron chi connectivity index (χ1n) is 10.8. The number of rotatable bonds is 18. The molecule has 0 rings (SSSR count). The van der Waals surface area contributed by atoms with E-state index in [1.165, 1.54) is 7.11 Å². The summed E-state index contributed by atoms with van der Waals surface area (Å²) >= 11 is 0. The molecule has 0 saturated heterocycles. The molecule has 0 aromatic carbocycles. The van der Waals surface area contributed by atoms with Crippen molar-refractivity contribution in [3.8, 4) is 0 Å². The zero-order valence-corrected chi connectivity index (χ0v) is 20.2. The highest BCUT2D eigenvalue weighted by atomic mass is 16.6. The van der Waals surface area contributed by atoms with E-state index >= 15 is 0 Å². The molecule has 0 bridgehead atoms. The molecule has 11 heteroatoms. The van der Waals surface area contributed by atoms with E-state index in [0.717, 1.165) is 19.4 Å². The summed E-state index contributed by atoms with van der Waals surface area (Å²) in [4.78, 5) is 32.2. The Balaban J connectivity index is 0. The van der Waals surface area contributed by atoms with Gasteiger partial charge in [-0.2, -0.15) is 0 Å². The van der Waals surface area contributed by atoms with E-state index in [1.807, 2.05) is 0 Å². The lowest BCUT2D eigenvalue weighted by atomic mass is 10.1. The number of carbonyl (C=O) groups excluding carboxylic acids is 3. The molecule has 0 fully saturated rings. The summed E-state index contributed by atoms with van der Waals surface area (Å²) in [6, 6.07) is 0. The highest BCUT2D eigenvalue weighted by molar-refractivity contribution is 6.05. The highest BCUT2D eigenvalue weighted by Crippen LogP contribution is 1.98. The molecule has 0 spiro atoms. The molecule has 0 saturated carbocycles. The molecule has 10 nitrogen and oxygen atoms in total.